The zero-order chi connectivity index (χ0) is 9.84. The van der Waals surface area contributed by atoms with Crippen LogP contribution in [0.15, 0.2) is 16.7 Å². The predicted octanol–water partition coefficient (Wildman–Crippen LogP) is 1.61. The van der Waals surface area contributed by atoms with Crippen molar-refractivity contribution in [3.8, 4) is 0 Å². The summed E-state index contributed by atoms with van der Waals surface area (Å²) in [6.07, 6.45) is 1.98. The molecule has 0 aliphatic carbocycles. The van der Waals surface area contributed by atoms with Crippen LogP contribution in [-0.4, -0.2) is 11.7 Å². The fraction of sp³-hybridized carbons (Fsp3) is 0.600. The monoisotopic (exact) mass is 183 g/mol. The average molecular weight is 183 g/mol. The average Bonchev–Trinajstić information content (AvgIpc) is 2.53. The molecule has 0 amide bonds. The fourth-order valence-electron chi connectivity index (χ4n) is 1.47. The maximum atomic E-state index is 9.91. The summed E-state index contributed by atoms with van der Waals surface area (Å²) in [5.74, 6) is 0.899. The van der Waals surface area contributed by atoms with Crippen molar-refractivity contribution in [3.05, 3.63) is 23.7 Å². The first-order valence-corrected chi connectivity index (χ1v) is 4.62. The lowest BCUT2D eigenvalue weighted by atomic mass is 9.94. The Kier molecular flexibility index (Phi) is 3.51. The second-order valence-corrected chi connectivity index (χ2v) is 3.28. The minimum Gasteiger partial charge on any atom is -0.469 e. The maximum absolute atomic E-state index is 9.91. The van der Waals surface area contributed by atoms with Gasteiger partial charge in [-0.3, -0.25) is 0 Å². The van der Waals surface area contributed by atoms with Gasteiger partial charge in [-0.2, -0.15) is 0 Å². The predicted molar refractivity (Wildman–Crippen MR) is 51.2 cm³/mol. The summed E-state index contributed by atoms with van der Waals surface area (Å²) in [7, 11) is 0. The molecule has 1 heterocycles. The van der Waals surface area contributed by atoms with Crippen LogP contribution in [0.1, 0.15) is 30.8 Å². The third kappa shape index (κ3) is 2.11. The van der Waals surface area contributed by atoms with Crippen LogP contribution in [0.3, 0.4) is 0 Å². The van der Waals surface area contributed by atoms with Crippen LogP contribution in [0, 0.1) is 12.8 Å². The normalized spacial score (nSPS) is 15.7. The molecule has 13 heavy (non-hydrogen) atoms. The van der Waals surface area contributed by atoms with Crippen LogP contribution in [-0.2, 0) is 0 Å². The van der Waals surface area contributed by atoms with Gasteiger partial charge in [0, 0.05) is 11.5 Å². The molecule has 74 valence electrons. The van der Waals surface area contributed by atoms with Crippen LogP contribution in [0.5, 0.6) is 0 Å². The van der Waals surface area contributed by atoms with E-state index in [1.165, 1.54) is 0 Å². The topological polar surface area (TPSA) is 59.4 Å². The minimum atomic E-state index is -0.492. The third-order valence-corrected chi connectivity index (χ3v) is 2.49. The molecule has 0 aliphatic heterocycles. The molecule has 3 nitrogen and oxygen atoms in total. The van der Waals surface area contributed by atoms with Crippen molar-refractivity contribution in [1.82, 2.24) is 0 Å². The van der Waals surface area contributed by atoms with Crippen molar-refractivity contribution in [1.29, 1.82) is 0 Å². The van der Waals surface area contributed by atoms with Gasteiger partial charge in [0.2, 0.25) is 0 Å². The molecule has 3 N–H and O–H groups in total. The zero-order valence-corrected chi connectivity index (χ0v) is 8.16. The second kappa shape index (κ2) is 4.44. The molecule has 1 rings (SSSR count). The van der Waals surface area contributed by atoms with E-state index in [4.69, 9.17) is 10.2 Å². The molecule has 1 aromatic rings. The largest absolute Gasteiger partial charge is 0.469 e. The molecule has 0 saturated carbocycles. The number of hydrogen-bond acceptors (Lipinski definition) is 3. The highest BCUT2D eigenvalue weighted by molar-refractivity contribution is 5.19. The molecular formula is C10H17NO2. The van der Waals surface area contributed by atoms with Crippen molar-refractivity contribution in [3.63, 3.8) is 0 Å². The third-order valence-electron chi connectivity index (χ3n) is 2.49. The van der Waals surface area contributed by atoms with Gasteiger partial charge in [-0.15, -0.1) is 0 Å². The Bertz CT molecular complexity index is 253. The van der Waals surface area contributed by atoms with E-state index in [9.17, 15) is 5.11 Å². The highest BCUT2D eigenvalue weighted by Gasteiger charge is 2.20. The summed E-state index contributed by atoms with van der Waals surface area (Å²) in [4.78, 5) is 0. The van der Waals surface area contributed by atoms with Gasteiger partial charge >= 0.3 is 0 Å². The van der Waals surface area contributed by atoms with E-state index in [0.29, 0.717) is 6.54 Å². The molecule has 0 fully saturated rings. The first kappa shape index (κ1) is 10.3. The summed E-state index contributed by atoms with van der Waals surface area (Å²) >= 11 is 0. The lowest BCUT2D eigenvalue weighted by molar-refractivity contribution is 0.108. The molecule has 0 aromatic carbocycles. The number of aliphatic hydroxyl groups excluding tert-OH is 1. The summed E-state index contributed by atoms with van der Waals surface area (Å²) in [6.45, 7) is 4.38. The number of furan rings is 1. The molecule has 2 unspecified atom stereocenters. The summed E-state index contributed by atoms with van der Waals surface area (Å²) in [5, 5.41) is 9.91. The zero-order valence-electron chi connectivity index (χ0n) is 8.16. The smallest absolute Gasteiger partial charge is 0.106 e. The maximum Gasteiger partial charge on any atom is 0.106 e. The van der Waals surface area contributed by atoms with E-state index in [-0.39, 0.29) is 5.92 Å². The van der Waals surface area contributed by atoms with E-state index in [2.05, 4.69) is 0 Å². The van der Waals surface area contributed by atoms with Crippen molar-refractivity contribution in [2.45, 2.75) is 26.4 Å². The lowest BCUT2D eigenvalue weighted by Crippen LogP contribution is -2.21. The quantitative estimate of drug-likeness (QED) is 0.745. The van der Waals surface area contributed by atoms with Crippen LogP contribution in [0.4, 0.5) is 0 Å². The van der Waals surface area contributed by atoms with E-state index < -0.39 is 6.10 Å². The highest BCUT2D eigenvalue weighted by Crippen LogP contribution is 2.26. The van der Waals surface area contributed by atoms with Gasteiger partial charge in [0.15, 0.2) is 0 Å². The summed E-state index contributed by atoms with van der Waals surface area (Å²) in [6, 6.07) is 1.80. The Morgan fingerprint density at radius 1 is 1.62 bits per heavy atom. The van der Waals surface area contributed by atoms with Gasteiger partial charge in [-0.1, -0.05) is 6.92 Å². The molecular weight excluding hydrogens is 166 g/mol. The van der Waals surface area contributed by atoms with Crippen molar-refractivity contribution < 1.29 is 9.52 Å². The number of hydrogen-bond donors (Lipinski definition) is 2. The van der Waals surface area contributed by atoms with Crippen molar-refractivity contribution in [2.24, 2.45) is 11.7 Å². The van der Waals surface area contributed by atoms with Crippen molar-refractivity contribution >= 4 is 0 Å². The first-order valence-electron chi connectivity index (χ1n) is 4.62. The van der Waals surface area contributed by atoms with Crippen LogP contribution < -0.4 is 5.73 Å². The Morgan fingerprint density at radius 2 is 2.31 bits per heavy atom. The SMILES string of the molecule is CCC(CN)C(O)c1ccoc1C. The Balaban J connectivity index is 2.77. The van der Waals surface area contributed by atoms with Crippen LogP contribution >= 0.6 is 0 Å². The highest BCUT2D eigenvalue weighted by atomic mass is 16.3. The summed E-state index contributed by atoms with van der Waals surface area (Å²) < 4.78 is 5.12. The molecule has 0 saturated heterocycles. The second-order valence-electron chi connectivity index (χ2n) is 3.28. The Morgan fingerprint density at radius 3 is 2.69 bits per heavy atom. The molecule has 2 atom stereocenters. The van der Waals surface area contributed by atoms with Gasteiger partial charge in [-0.05, 0) is 26.0 Å². The van der Waals surface area contributed by atoms with Crippen LogP contribution in [0.25, 0.3) is 0 Å². The first-order chi connectivity index (χ1) is 6.20. The number of aliphatic hydroxyl groups is 1. The molecule has 0 radical (unpaired) electrons. The number of aryl methyl sites for hydroxylation is 1. The number of nitrogens with two attached hydrogens (primary N) is 1. The van der Waals surface area contributed by atoms with E-state index in [1.54, 1.807) is 12.3 Å². The molecule has 0 spiro atoms. The van der Waals surface area contributed by atoms with Crippen LogP contribution in [0.2, 0.25) is 0 Å². The van der Waals surface area contributed by atoms with E-state index in [0.717, 1.165) is 17.7 Å². The number of rotatable bonds is 4. The molecule has 0 bridgehead atoms. The molecule has 1 aromatic heterocycles. The van der Waals surface area contributed by atoms with E-state index >= 15 is 0 Å². The standard InChI is InChI=1S/C10H17NO2/c1-3-8(6-11)10(12)9-4-5-13-7(9)2/h4-5,8,10,12H,3,6,11H2,1-2H3. The minimum absolute atomic E-state index is 0.122. The van der Waals surface area contributed by atoms with Gasteiger partial charge in [0.05, 0.1) is 12.4 Å². The fourth-order valence-corrected chi connectivity index (χ4v) is 1.47. The van der Waals surface area contributed by atoms with Crippen molar-refractivity contribution in [2.75, 3.05) is 6.54 Å². The Labute approximate surface area is 78.5 Å². The van der Waals surface area contributed by atoms with Gasteiger partial charge in [0.1, 0.15) is 5.76 Å². The Hall–Kier alpha value is -0.800. The van der Waals surface area contributed by atoms with Gasteiger partial charge in [0.25, 0.3) is 0 Å². The van der Waals surface area contributed by atoms with Gasteiger partial charge < -0.3 is 15.3 Å². The molecule has 0 aliphatic rings. The van der Waals surface area contributed by atoms with E-state index in [1.807, 2.05) is 13.8 Å². The lowest BCUT2D eigenvalue weighted by Gasteiger charge is -2.19. The summed E-state index contributed by atoms with van der Waals surface area (Å²) in [5.41, 5.74) is 6.41. The molecule has 3 heteroatoms. The van der Waals surface area contributed by atoms with Gasteiger partial charge in [-0.25, -0.2) is 0 Å².